The van der Waals surface area contributed by atoms with Crippen LogP contribution < -0.4 is 16.0 Å². The highest BCUT2D eigenvalue weighted by Crippen LogP contribution is 2.33. The molecule has 0 radical (unpaired) electrons. The van der Waals surface area contributed by atoms with Gasteiger partial charge >= 0.3 is 0 Å². The van der Waals surface area contributed by atoms with Crippen molar-refractivity contribution < 1.29 is 14.3 Å². The first-order valence-corrected chi connectivity index (χ1v) is 23.2. The van der Waals surface area contributed by atoms with E-state index in [2.05, 4.69) is 133 Å². The van der Waals surface area contributed by atoms with E-state index in [-0.39, 0.29) is 54.0 Å². The van der Waals surface area contributed by atoms with E-state index in [4.69, 9.17) is 9.47 Å². The Morgan fingerprint density at radius 1 is 0.983 bits per heavy atom. The standard InChI is InChI=1S/C51H81N5O3S/c1-19-24-49-40(11)54-42(13)51(57)56(17)47(30-45-25-22-21-23-26-45)43(14)55(16)31-37(8)52-50(34(5)20-2)41(12)53-39(10)36(7)29-46(33(3)4)38(9)48(58-32-60-18)28-27-35(6)44(15)59-49/h21-23,25-27,34,38-39,42,46-50,52-54H,3,7-8,11-12,14-15,19-20,24,28-32H2,1-2,4-6,9-10,13,16-18H3/b35-27+/t34-,38?,39-,42?,46-,47-,48+,49-,50?/m1/s1. The van der Waals surface area contributed by atoms with Crippen LogP contribution in [0, 0.1) is 17.8 Å². The van der Waals surface area contributed by atoms with Crippen LogP contribution in [0.2, 0.25) is 0 Å². The van der Waals surface area contributed by atoms with Crippen LogP contribution in [0.5, 0.6) is 0 Å². The number of carbonyl (C=O) groups is 1. The van der Waals surface area contributed by atoms with Gasteiger partial charge in [-0.05, 0) is 88.5 Å². The minimum atomic E-state index is -0.577. The molecule has 0 bridgehead atoms. The maximum atomic E-state index is 14.3. The van der Waals surface area contributed by atoms with Crippen LogP contribution in [0.3, 0.4) is 0 Å². The number of amides is 1. The normalized spacial score (nSPS) is 28.2. The van der Waals surface area contributed by atoms with E-state index in [1.54, 1.807) is 16.7 Å². The molecule has 0 saturated carbocycles. The van der Waals surface area contributed by atoms with Crippen LogP contribution in [0.4, 0.5) is 0 Å². The molecular weight excluding hydrogens is 763 g/mol. The summed E-state index contributed by atoms with van der Waals surface area (Å²) in [5.74, 6) is 1.66. The van der Waals surface area contributed by atoms with Crippen molar-refractivity contribution in [1.29, 1.82) is 0 Å². The molecule has 8 nitrogen and oxygen atoms in total. The maximum absolute atomic E-state index is 14.3. The summed E-state index contributed by atoms with van der Waals surface area (Å²) in [6.07, 6.45) is 8.35. The Hall–Kier alpha value is -4.08. The summed E-state index contributed by atoms with van der Waals surface area (Å²) in [7, 11) is 3.86. The lowest BCUT2D eigenvalue weighted by atomic mass is 9.78. The van der Waals surface area contributed by atoms with Crippen molar-refractivity contribution >= 4 is 17.7 Å². The van der Waals surface area contributed by atoms with E-state index in [9.17, 15) is 4.79 Å². The van der Waals surface area contributed by atoms with Crippen LogP contribution in [0.1, 0.15) is 93.1 Å². The third-order valence-corrected chi connectivity index (χ3v) is 12.6. The Kier molecular flexibility index (Phi) is 22.2. The number of nitrogens with one attached hydrogen (secondary N) is 3. The number of hydrogen-bond donors (Lipinski definition) is 3. The van der Waals surface area contributed by atoms with Gasteiger partial charge in [-0.3, -0.25) is 4.79 Å². The number of rotatable bonds is 10. The molecule has 60 heavy (non-hydrogen) atoms. The third-order valence-electron chi connectivity index (χ3n) is 12.2. The second-order valence-electron chi connectivity index (χ2n) is 17.1. The van der Waals surface area contributed by atoms with Crippen LogP contribution in [0.25, 0.3) is 0 Å². The molecule has 1 aromatic carbocycles. The Morgan fingerprint density at radius 3 is 2.20 bits per heavy atom. The summed E-state index contributed by atoms with van der Waals surface area (Å²) in [5.41, 5.74) is 7.40. The predicted molar refractivity (Wildman–Crippen MR) is 259 cm³/mol. The molecule has 0 saturated heterocycles. The number of thioether (sulfide) groups is 1. The lowest BCUT2D eigenvalue weighted by molar-refractivity contribution is -0.133. The first kappa shape index (κ1) is 52.1. The molecule has 1 aliphatic rings. The Bertz CT molecular complexity index is 1670. The number of nitrogens with zero attached hydrogens (tertiary/aromatic N) is 2. The average molecular weight is 844 g/mol. The molecule has 0 fully saturated rings. The summed E-state index contributed by atoms with van der Waals surface area (Å²) in [6.45, 7) is 48.8. The van der Waals surface area contributed by atoms with Crippen molar-refractivity contribution in [3.8, 4) is 0 Å². The van der Waals surface area contributed by atoms with E-state index in [1.165, 1.54) is 0 Å². The average Bonchev–Trinajstić information content (AvgIpc) is 3.21. The van der Waals surface area contributed by atoms with E-state index in [0.717, 1.165) is 58.6 Å². The second kappa shape index (κ2) is 25.6. The number of allylic oxidation sites excluding steroid dienone is 2. The number of carbonyl (C=O) groups excluding carboxylic acids is 1. The van der Waals surface area contributed by atoms with Crippen molar-refractivity contribution in [2.45, 2.75) is 130 Å². The summed E-state index contributed by atoms with van der Waals surface area (Å²) in [5, 5.41) is 10.8. The molecule has 3 unspecified atom stereocenters. The van der Waals surface area contributed by atoms with Gasteiger partial charge in [-0.2, -0.15) is 0 Å². The lowest BCUT2D eigenvalue weighted by Crippen LogP contribution is -2.51. The number of ether oxygens (including phenoxy) is 2. The fraction of sp³-hybridized carbons (Fsp3) is 0.549. The predicted octanol–water partition coefficient (Wildman–Crippen LogP) is 10.5. The molecule has 334 valence electrons. The van der Waals surface area contributed by atoms with Gasteiger partial charge < -0.3 is 35.2 Å². The van der Waals surface area contributed by atoms with Crippen LogP contribution >= 0.6 is 11.8 Å². The Morgan fingerprint density at radius 2 is 1.62 bits per heavy atom. The molecule has 1 aromatic rings. The quantitative estimate of drug-likeness (QED) is 0.159. The van der Waals surface area contributed by atoms with Crippen molar-refractivity contribution in [2.75, 3.05) is 32.8 Å². The van der Waals surface area contributed by atoms with Gasteiger partial charge in [0.05, 0.1) is 30.7 Å². The summed E-state index contributed by atoms with van der Waals surface area (Å²) >= 11 is 1.67. The molecule has 1 heterocycles. The van der Waals surface area contributed by atoms with Gasteiger partial charge in [-0.25, -0.2) is 0 Å². The highest BCUT2D eigenvalue weighted by atomic mass is 32.2. The van der Waals surface area contributed by atoms with Crippen LogP contribution in [0.15, 0.2) is 128 Å². The molecule has 0 aliphatic carbocycles. The summed E-state index contributed by atoms with van der Waals surface area (Å²) < 4.78 is 13.0. The van der Waals surface area contributed by atoms with Gasteiger partial charge in [-0.15, -0.1) is 11.8 Å². The van der Waals surface area contributed by atoms with Crippen molar-refractivity contribution in [1.82, 2.24) is 25.8 Å². The first-order chi connectivity index (χ1) is 28.3. The lowest BCUT2D eigenvalue weighted by Gasteiger charge is -2.38. The molecule has 0 aromatic heterocycles. The zero-order valence-electron chi connectivity index (χ0n) is 39.3. The summed E-state index contributed by atoms with van der Waals surface area (Å²) in [6, 6.07) is 9.21. The Balaban J connectivity index is 2.63. The largest absolute Gasteiger partial charge is 0.485 e. The smallest absolute Gasteiger partial charge is 0.245 e. The highest BCUT2D eigenvalue weighted by Gasteiger charge is 2.32. The molecule has 0 spiro atoms. The van der Waals surface area contributed by atoms with Gasteiger partial charge in [0.25, 0.3) is 0 Å². The van der Waals surface area contributed by atoms with Gasteiger partial charge in [0.15, 0.2) is 0 Å². The van der Waals surface area contributed by atoms with Crippen molar-refractivity contribution in [3.63, 3.8) is 0 Å². The highest BCUT2D eigenvalue weighted by molar-refractivity contribution is 7.98. The van der Waals surface area contributed by atoms with E-state index >= 15 is 0 Å². The van der Waals surface area contributed by atoms with Crippen LogP contribution in [-0.2, 0) is 20.7 Å². The minimum absolute atomic E-state index is 0.0307. The third kappa shape index (κ3) is 15.7. The molecule has 2 rings (SSSR count). The SMILES string of the molecule is C=C1CN(C)C(=C)[C@@H](Cc2ccccc2)N(C)C(=O)C(C)NC(=C)[C@@H](CCC)OC(=C)/C(C)=C/C[C@H](OCSC)C(C)[C@@H](C(=C)C)CC(=C)[C@@H](C)NC(=C)C([C@H](C)CC)N1. The van der Waals surface area contributed by atoms with E-state index < -0.39 is 6.04 Å². The minimum Gasteiger partial charge on any atom is -0.485 e. The zero-order chi connectivity index (χ0) is 45.3. The monoisotopic (exact) mass is 844 g/mol. The second-order valence-corrected chi connectivity index (χ2v) is 17.9. The number of hydrogen-bond acceptors (Lipinski definition) is 8. The topological polar surface area (TPSA) is 78.1 Å². The fourth-order valence-electron chi connectivity index (χ4n) is 7.75. The fourth-order valence-corrected chi connectivity index (χ4v) is 8.06. The number of likely N-dealkylation sites (N-methyl/N-ethyl adjacent to an activating group) is 2. The van der Waals surface area contributed by atoms with Gasteiger partial charge in [0.1, 0.15) is 17.9 Å². The molecule has 1 amide bonds. The molecule has 3 N–H and O–H groups in total. The van der Waals surface area contributed by atoms with Crippen molar-refractivity contribution in [3.05, 3.63) is 133 Å². The first-order valence-electron chi connectivity index (χ1n) is 21.8. The Labute approximate surface area is 370 Å². The maximum Gasteiger partial charge on any atom is 0.245 e. The van der Waals surface area contributed by atoms with Crippen LogP contribution in [-0.4, -0.2) is 84.9 Å². The number of benzene rings is 1. The molecule has 9 heteroatoms. The summed E-state index contributed by atoms with van der Waals surface area (Å²) in [4.78, 5) is 18.2. The molecular formula is C51H81N5O3S. The van der Waals surface area contributed by atoms with Crippen molar-refractivity contribution in [2.24, 2.45) is 17.8 Å². The van der Waals surface area contributed by atoms with Gasteiger partial charge in [-0.1, -0.05) is 134 Å². The van der Waals surface area contributed by atoms with E-state index in [0.29, 0.717) is 43.2 Å². The van der Waals surface area contributed by atoms with Gasteiger partial charge in [0, 0.05) is 42.9 Å². The molecule has 1 aliphatic heterocycles. The molecule has 9 atom stereocenters. The van der Waals surface area contributed by atoms with E-state index in [1.807, 2.05) is 46.1 Å². The van der Waals surface area contributed by atoms with Gasteiger partial charge in [0.2, 0.25) is 5.91 Å². The zero-order valence-corrected chi connectivity index (χ0v) is 40.1.